The van der Waals surface area contributed by atoms with Crippen LogP contribution in [0, 0.1) is 34.9 Å². The molecule has 2 unspecified atom stereocenters. The van der Waals surface area contributed by atoms with Gasteiger partial charge in [0.2, 0.25) is 23.6 Å². The smallest absolute Gasteiger partial charge is 0.326 e. The third-order valence-electron chi connectivity index (χ3n) is 12.0. The zero-order valence-electron chi connectivity index (χ0n) is 34.7. The topological polar surface area (TPSA) is 167 Å². The number of ether oxygens (including phenoxy) is 2. The Morgan fingerprint density at radius 1 is 0.964 bits per heavy atom. The normalized spacial score (nSPS) is 20.6. The van der Waals surface area contributed by atoms with Crippen LogP contribution in [0.4, 0.5) is 4.39 Å². The van der Waals surface area contributed by atoms with Gasteiger partial charge in [0.05, 0.1) is 42.7 Å². The number of likely N-dealkylation sites (N-methyl/N-ethyl adjacent to an activating group) is 2. The minimum Gasteiger partial charge on any atom is -0.480 e. The van der Waals surface area contributed by atoms with Crippen molar-refractivity contribution in [3.05, 3.63) is 35.6 Å². The fourth-order valence-electron chi connectivity index (χ4n) is 8.20. The standard InChI is InChI=1S/C41H66FN5O8/c1-12-25(6)35(46(9)39(51)34(24(4)5)45-38(50)33(43-8)23(2)3)31(54-10)20-32(48)47-22-41(17-18-41)21-30(47)36(55-11)26(7)37(49)44-29(40(52)53)19-27-15-13-14-16-28(27)42/h13-16,23-26,29-31,33-36,43H,12,17-22H2,1-11H3,(H,44,49)(H,45,50)(H,52,53)/t25-,26?,29-,30-,31?,33-,34-,35-,36+/m0/s1. The van der Waals surface area contributed by atoms with Gasteiger partial charge in [-0.25, -0.2) is 9.18 Å². The number of aliphatic carboxylic acids is 1. The summed E-state index contributed by atoms with van der Waals surface area (Å²) in [6, 6.07) is 2.21. The molecule has 2 fully saturated rings. The highest BCUT2D eigenvalue weighted by Crippen LogP contribution is 2.56. The minimum atomic E-state index is -1.37. The molecule has 14 heteroatoms. The number of hydrogen-bond donors (Lipinski definition) is 4. The third-order valence-corrected chi connectivity index (χ3v) is 12.0. The molecule has 0 aromatic heterocycles. The number of carbonyl (C=O) groups is 5. The zero-order chi connectivity index (χ0) is 41.4. The maximum Gasteiger partial charge on any atom is 0.326 e. The van der Waals surface area contributed by atoms with Crippen molar-refractivity contribution in [3.8, 4) is 0 Å². The Morgan fingerprint density at radius 2 is 1.58 bits per heavy atom. The van der Waals surface area contributed by atoms with Crippen LogP contribution in [-0.4, -0.2) is 122 Å². The fourth-order valence-corrected chi connectivity index (χ4v) is 8.20. The number of halogens is 1. The van der Waals surface area contributed by atoms with E-state index in [1.54, 1.807) is 36.9 Å². The van der Waals surface area contributed by atoms with E-state index in [4.69, 9.17) is 9.47 Å². The SMILES string of the molecule is CC[C@H](C)[C@@H](C(CC(=O)N1CC2(CC2)C[C@H]1[C@H](OC)C(C)C(=O)N[C@@H](Cc1ccccc1F)C(=O)O)OC)N(C)C(=O)[C@@H](NC(=O)[C@@H](NC)C(C)C)C(C)C. The van der Waals surface area contributed by atoms with Crippen LogP contribution in [0.1, 0.15) is 86.1 Å². The second-order valence-corrected chi connectivity index (χ2v) is 16.5. The van der Waals surface area contributed by atoms with E-state index >= 15 is 0 Å². The highest BCUT2D eigenvalue weighted by atomic mass is 19.1. The number of methoxy groups -OCH3 is 2. The summed E-state index contributed by atoms with van der Waals surface area (Å²) in [6.45, 7) is 13.8. The highest BCUT2D eigenvalue weighted by Gasteiger charge is 2.56. The molecule has 1 heterocycles. The fraction of sp³-hybridized carbons (Fsp3) is 0.732. The van der Waals surface area contributed by atoms with Gasteiger partial charge in [0.1, 0.15) is 17.9 Å². The molecule has 3 rings (SSSR count). The van der Waals surface area contributed by atoms with Gasteiger partial charge in [-0.3, -0.25) is 19.2 Å². The van der Waals surface area contributed by atoms with Crippen LogP contribution in [0.3, 0.4) is 0 Å². The largest absolute Gasteiger partial charge is 0.480 e. The van der Waals surface area contributed by atoms with E-state index in [1.165, 1.54) is 32.4 Å². The van der Waals surface area contributed by atoms with Crippen molar-refractivity contribution >= 4 is 29.6 Å². The van der Waals surface area contributed by atoms with E-state index < -0.39 is 66.0 Å². The van der Waals surface area contributed by atoms with Gasteiger partial charge < -0.3 is 40.3 Å². The van der Waals surface area contributed by atoms with Gasteiger partial charge in [-0.1, -0.05) is 73.1 Å². The van der Waals surface area contributed by atoms with Gasteiger partial charge in [0.15, 0.2) is 0 Å². The molecule has 1 aliphatic carbocycles. The molecule has 1 spiro atoms. The van der Waals surface area contributed by atoms with E-state index in [1.807, 2.05) is 41.5 Å². The van der Waals surface area contributed by atoms with Crippen molar-refractivity contribution in [1.82, 2.24) is 25.8 Å². The molecule has 9 atom stereocenters. The number of amides is 4. The lowest BCUT2D eigenvalue weighted by molar-refractivity contribution is -0.148. The Bertz CT molecular complexity index is 1490. The molecule has 55 heavy (non-hydrogen) atoms. The molecule has 0 bridgehead atoms. The summed E-state index contributed by atoms with van der Waals surface area (Å²) in [5, 5.41) is 18.5. The maximum absolute atomic E-state index is 14.4. The number of benzene rings is 1. The third kappa shape index (κ3) is 11.3. The lowest BCUT2D eigenvalue weighted by Gasteiger charge is -2.41. The summed E-state index contributed by atoms with van der Waals surface area (Å²) >= 11 is 0. The minimum absolute atomic E-state index is 0.00824. The van der Waals surface area contributed by atoms with Gasteiger partial charge >= 0.3 is 5.97 Å². The Balaban J connectivity index is 1.83. The molecule has 1 saturated carbocycles. The van der Waals surface area contributed by atoms with Gasteiger partial charge in [-0.2, -0.15) is 0 Å². The number of carbonyl (C=O) groups excluding carboxylic acids is 4. The molecule has 2 aliphatic rings. The molecule has 310 valence electrons. The average Bonchev–Trinajstić information content (AvgIpc) is 3.79. The molecule has 0 radical (unpaired) electrons. The van der Waals surface area contributed by atoms with Gasteiger partial charge in [0.25, 0.3) is 0 Å². The number of carboxylic acid groups (broad SMARTS) is 1. The van der Waals surface area contributed by atoms with Crippen LogP contribution in [0.5, 0.6) is 0 Å². The zero-order valence-corrected chi connectivity index (χ0v) is 34.7. The Labute approximate surface area is 326 Å². The second kappa shape index (κ2) is 20.0. The van der Waals surface area contributed by atoms with E-state index in [9.17, 15) is 33.5 Å². The Morgan fingerprint density at radius 3 is 2.07 bits per heavy atom. The first-order valence-electron chi connectivity index (χ1n) is 19.7. The number of carboxylic acids is 1. The molecule has 1 aromatic carbocycles. The van der Waals surface area contributed by atoms with Gasteiger partial charge in [-0.15, -0.1) is 0 Å². The summed E-state index contributed by atoms with van der Waals surface area (Å²) in [4.78, 5) is 71.0. The van der Waals surface area contributed by atoms with Crippen LogP contribution in [-0.2, 0) is 39.9 Å². The van der Waals surface area contributed by atoms with Crippen molar-refractivity contribution in [1.29, 1.82) is 0 Å². The van der Waals surface area contributed by atoms with Crippen molar-refractivity contribution in [2.75, 3.05) is 34.9 Å². The number of likely N-dealkylation sites (tertiary alicyclic amines) is 1. The first kappa shape index (κ1) is 45.8. The number of hydrogen-bond acceptors (Lipinski definition) is 8. The van der Waals surface area contributed by atoms with Gasteiger partial charge in [0, 0.05) is 34.2 Å². The predicted molar refractivity (Wildman–Crippen MR) is 207 cm³/mol. The van der Waals surface area contributed by atoms with Crippen molar-refractivity contribution < 1.29 is 42.9 Å². The first-order valence-corrected chi connectivity index (χ1v) is 19.7. The molecular formula is C41H66FN5O8. The average molecular weight is 776 g/mol. The number of rotatable bonds is 21. The van der Waals surface area contributed by atoms with Crippen LogP contribution in [0.25, 0.3) is 0 Å². The summed E-state index contributed by atoms with van der Waals surface area (Å²) in [5.41, 5.74) is 0.0833. The lowest BCUT2D eigenvalue weighted by Crippen LogP contribution is -2.59. The first-order chi connectivity index (χ1) is 25.9. The number of nitrogens with one attached hydrogen (secondary N) is 3. The summed E-state index contributed by atoms with van der Waals surface area (Å²) in [6.07, 6.45) is 1.47. The van der Waals surface area contributed by atoms with Gasteiger partial charge in [-0.05, 0) is 61.1 Å². The van der Waals surface area contributed by atoms with E-state index in [0.717, 1.165) is 12.8 Å². The molecule has 4 N–H and O–H groups in total. The Hall–Kier alpha value is -3.62. The monoisotopic (exact) mass is 775 g/mol. The molecule has 13 nitrogen and oxygen atoms in total. The molecular weight excluding hydrogens is 709 g/mol. The van der Waals surface area contributed by atoms with E-state index in [2.05, 4.69) is 16.0 Å². The second-order valence-electron chi connectivity index (χ2n) is 16.5. The van der Waals surface area contributed by atoms with E-state index in [-0.39, 0.29) is 59.3 Å². The molecule has 4 amide bonds. The summed E-state index contributed by atoms with van der Waals surface area (Å²) < 4.78 is 26.3. The van der Waals surface area contributed by atoms with Crippen LogP contribution in [0.15, 0.2) is 24.3 Å². The maximum atomic E-state index is 14.4. The highest BCUT2D eigenvalue weighted by molar-refractivity contribution is 5.90. The predicted octanol–water partition coefficient (Wildman–Crippen LogP) is 3.63. The molecule has 1 saturated heterocycles. The quantitative estimate of drug-likeness (QED) is 0.146. The summed E-state index contributed by atoms with van der Waals surface area (Å²) in [7, 11) is 6.42. The Kier molecular flexibility index (Phi) is 16.6. The lowest BCUT2D eigenvalue weighted by atomic mass is 9.89. The van der Waals surface area contributed by atoms with Crippen molar-refractivity contribution in [3.63, 3.8) is 0 Å². The summed E-state index contributed by atoms with van der Waals surface area (Å²) in [5.74, 6) is -4.28. The molecule has 1 aromatic rings. The van der Waals surface area contributed by atoms with Crippen molar-refractivity contribution in [2.45, 2.75) is 129 Å². The van der Waals surface area contributed by atoms with Crippen molar-refractivity contribution in [2.24, 2.45) is 29.1 Å². The van der Waals surface area contributed by atoms with Crippen LogP contribution in [0.2, 0.25) is 0 Å². The van der Waals surface area contributed by atoms with E-state index in [0.29, 0.717) is 19.4 Å². The molecule has 1 aliphatic heterocycles. The van der Waals surface area contributed by atoms with Crippen LogP contribution < -0.4 is 16.0 Å². The number of nitrogens with zero attached hydrogens (tertiary/aromatic N) is 2. The van der Waals surface area contributed by atoms with Crippen LogP contribution >= 0.6 is 0 Å².